The Morgan fingerprint density at radius 1 is 1.13 bits per heavy atom. The van der Waals surface area contributed by atoms with Crippen molar-refractivity contribution in [1.82, 2.24) is 4.98 Å². The number of hydrogen-bond acceptors (Lipinski definition) is 3. The van der Waals surface area contributed by atoms with Gasteiger partial charge in [0.25, 0.3) is 0 Å². The number of aryl methyl sites for hydroxylation is 1. The van der Waals surface area contributed by atoms with Gasteiger partial charge in [-0.25, -0.2) is 9.78 Å². The van der Waals surface area contributed by atoms with Crippen molar-refractivity contribution in [3.8, 4) is 11.3 Å². The average molecular weight is 309 g/mol. The van der Waals surface area contributed by atoms with Gasteiger partial charge in [-0.3, -0.25) is 0 Å². The van der Waals surface area contributed by atoms with E-state index in [0.29, 0.717) is 11.1 Å². The number of carboxylic acids is 1. The number of hydrogen-bond donors (Lipinski definition) is 1. The first-order valence-corrected chi connectivity index (χ1v) is 7.51. The van der Waals surface area contributed by atoms with Crippen molar-refractivity contribution in [1.29, 1.82) is 0 Å². The van der Waals surface area contributed by atoms with E-state index in [1.54, 1.807) is 0 Å². The highest BCUT2D eigenvalue weighted by atomic mass is 16.4. The maximum atomic E-state index is 11.2. The van der Waals surface area contributed by atoms with E-state index in [9.17, 15) is 9.90 Å². The van der Waals surface area contributed by atoms with Crippen LogP contribution in [-0.2, 0) is 5.41 Å². The molecule has 2 aromatic heterocycles. The van der Waals surface area contributed by atoms with E-state index >= 15 is 0 Å². The van der Waals surface area contributed by atoms with Crippen LogP contribution in [0.5, 0.6) is 0 Å². The fourth-order valence-electron chi connectivity index (χ4n) is 2.56. The molecule has 3 aromatic rings. The van der Waals surface area contributed by atoms with E-state index in [0.717, 1.165) is 16.8 Å². The normalized spacial score (nSPS) is 11.8. The van der Waals surface area contributed by atoms with Gasteiger partial charge in [-0.15, -0.1) is 0 Å². The lowest BCUT2D eigenvalue weighted by atomic mass is 9.86. The third-order valence-electron chi connectivity index (χ3n) is 3.85. The molecule has 0 bridgehead atoms. The standard InChI is InChI=1S/C19H19NO3/c1-11-5-7-12(8-6-11)14-9-13(19(2,3)4)17-15(20-14)10-16(23-17)18(21)22/h5-10H,1-4H3,(H,21,22). The minimum Gasteiger partial charge on any atom is -0.475 e. The predicted octanol–water partition coefficient (Wildman–Crippen LogP) is 4.80. The summed E-state index contributed by atoms with van der Waals surface area (Å²) in [6.45, 7) is 8.26. The molecule has 0 aliphatic carbocycles. The summed E-state index contributed by atoms with van der Waals surface area (Å²) in [5.74, 6) is -1.17. The molecule has 0 aliphatic heterocycles. The van der Waals surface area contributed by atoms with Crippen LogP contribution in [0.3, 0.4) is 0 Å². The van der Waals surface area contributed by atoms with Crippen LogP contribution >= 0.6 is 0 Å². The van der Waals surface area contributed by atoms with E-state index in [1.807, 2.05) is 37.3 Å². The molecule has 1 aromatic carbocycles. The largest absolute Gasteiger partial charge is 0.475 e. The first kappa shape index (κ1) is 15.3. The lowest BCUT2D eigenvalue weighted by Gasteiger charge is -2.20. The highest BCUT2D eigenvalue weighted by molar-refractivity contribution is 5.92. The van der Waals surface area contributed by atoms with Gasteiger partial charge >= 0.3 is 5.97 Å². The molecule has 0 amide bonds. The molecule has 4 heteroatoms. The number of nitrogens with zero attached hydrogens (tertiary/aromatic N) is 1. The first-order chi connectivity index (χ1) is 10.8. The molecule has 1 N–H and O–H groups in total. The van der Waals surface area contributed by atoms with Crippen LogP contribution in [0, 0.1) is 6.92 Å². The Kier molecular flexibility index (Phi) is 3.48. The number of carbonyl (C=O) groups is 1. The Labute approximate surface area is 134 Å². The summed E-state index contributed by atoms with van der Waals surface area (Å²) >= 11 is 0. The quantitative estimate of drug-likeness (QED) is 0.738. The number of pyridine rings is 1. The third-order valence-corrected chi connectivity index (χ3v) is 3.85. The van der Waals surface area contributed by atoms with Gasteiger partial charge in [0, 0.05) is 17.2 Å². The molecule has 4 nitrogen and oxygen atoms in total. The highest BCUT2D eigenvalue weighted by Gasteiger charge is 2.23. The van der Waals surface area contributed by atoms with Crippen molar-refractivity contribution >= 4 is 17.1 Å². The van der Waals surface area contributed by atoms with Crippen molar-refractivity contribution < 1.29 is 14.3 Å². The van der Waals surface area contributed by atoms with Crippen molar-refractivity contribution in [2.75, 3.05) is 0 Å². The fourth-order valence-corrected chi connectivity index (χ4v) is 2.56. The van der Waals surface area contributed by atoms with Crippen LogP contribution in [0.2, 0.25) is 0 Å². The zero-order chi connectivity index (χ0) is 16.8. The Balaban J connectivity index is 2.28. The minimum absolute atomic E-state index is 0.0842. The van der Waals surface area contributed by atoms with Crippen LogP contribution in [0.25, 0.3) is 22.4 Å². The van der Waals surface area contributed by atoms with Crippen molar-refractivity contribution in [3.05, 3.63) is 53.3 Å². The number of fused-ring (bicyclic) bond motifs is 1. The highest BCUT2D eigenvalue weighted by Crippen LogP contribution is 2.34. The van der Waals surface area contributed by atoms with Crippen molar-refractivity contribution in [3.63, 3.8) is 0 Å². The molecule has 0 spiro atoms. The maximum Gasteiger partial charge on any atom is 0.371 e. The van der Waals surface area contributed by atoms with Crippen LogP contribution in [0.1, 0.15) is 42.5 Å². The Morgan fingerprint density at radius 2 is 1.78 bits per heavy atom. The molecule has 118 valence electrons. The molecule has 0 saturated carbocycles. The van der Waals surface area contributed by atoms with Gasteiger partial charge in [-0.05, 0) is 18.4 Å². The Morgan fingerprint density at radius 3 is 2.35 bits per heavy atom. The lowest BCUT2D eigenvalue weighted by molar-refractivity contribution is 0.0665. The molecule has 2 heterocycles. The van der Waals surface area contributed by atoms with E-state index in [-0.39, 0.29) is 11.2 Å². The Bertz CT molecular complexity index is 883. The summed E-state index contributed by atoms with van der Waals surface area (Å²) in [7, 11) is 0. The van der Waals surface area contributed by atoms with Crippen LogP contribution < -0.4 is 0 Å². The van der Waals surface area contributed by atoms with Crippen molar-refractivity contribution in [2.24, 2.45) is 0 Å². The molecule has 0 fully saturated rings. The summed E-state index contributed by atoms with van der Waals surface area (Å²) in [4.78, 5) is 15.8. The second-order valence-electron chi connectivity index (χ2n) is 6.80. The van der Waals surface area contributed by atoms with Gasteiger partial charge in [0.1, 0.15) is 5.52 Å². The number of rotatable bonds is 2. The molecule has 0 atom stereocenters. The molecule has 23 heavy (non-hydrogen) atoms. The summed E-state index contributed by atoms with van der Waals surface area (Å²) in [5, 5.41) is 9.17. The molecule has 0 unspecified atom stereocenters. The zero-order valence-electron chi connectivity index (χ0n) is 13.7. The Hall–Kier alpha value is -2.62. The average Bonchev–Trinajstić information content (AvgIpc) is 2.90. The smallest absolute Gasteiger partial charge is 0.371 e. The summed E-state index contributed by atoms with van der Waals surface area (Å²) in [6.07, 6.45) is 0. The fraction of sp³-hybridized carbons (Fsp3) is 0.263. The van der Waals surface area contributed by atoms with Crippen LogP contribution in [-0.4, -0.2) is 16.1 Å². The van der Waals surface area contributed by atoms with E-state index in [1.165, 1.54) is 11.6 Å². The van der Waals surface area contributed by atoms with Crippen LogP contribution in [0.4, 0.5) is 0 Å². The molecule has 0 aliphatic rings. The molecule has 3 rings (SSSR count). The lowest BCUT2D eigenvalue weighted by Crippen LogP contribution is -2.12. The second-order valence-corrected chi connectivity index (χ2v) is 6.80. The molecule has 0 saturated heterocycles. The third kappa shape index (κ3) is 2.84. The van der Waals surface area contributed by atoms with Crippen LogP contribution in [0.15, 0.2) is 40.8 Å². The summed E-state index contributed by atoms with van der Waals surface area (Å²) in [6, 6.07) is 11.6. The predicted molar refractivity (Wildman–Crippen MR) is 89.8 cm³/mol. The number of benzene rings is 1. The van der Waals surface area contributed by atoms with Crippen molar-refractivity contribution in [2.45, 2.75) is 33.1 Å². The number of furan rings is 1. The van der Waals surface area contributed by atoms with E-state index < -0.39 is 5.97 Å². The van der Waals surface area contributed by atoms with Gasteiger partial charge in [0.2, 0.25) is 5.76 Å². The van der Waals surface area contributed by atoms with Gasteiger partial charge in [0.15, 0.2) is 5.58 Å². The number of aromatic carboxylic acids is 1. The van der Waals surface area contributed by atoms with Gasteiger partial charge in [0.05, 0.1) is 5.69 Å². The van der Waals surface area contributed by atoms with E-state index in [4.69, 9.17) is 4.42 Å². The SMILES string of the molecule is Cc1ccc(-c2cc(C(C)(C)C)c3oc(C(=O)O)cc3n2)cc1. The van der Waals surface area contributed by atoms with E-state index in [2.05, 4.69) is 25.8 Å². The summed E-state index contributed by atoms with van der Waals surface area (Å²) < 4.78 is 5.54. The summed E-state index contributed by atoms with van der Waals surface area (Å²) in [5.41, 5.74) is 4.89. The topological polar surface area (TPSA) is 63.3 Å². The molecule has 0 radical (unpaired) electrons. The second kappa shape index (κ2) is 5.23. The first-order valence-electron chi connectivity index (χ1n) is 7.51. The number of aromatic nitrogens is 1. The molecular formula is C19H19NO3. The van der Waals surface area contributed by atoms with Gasteiger partial charge in [-0.1, -0.05) is 50.6 Å². The molecular weight excluding hydrogens is 290 g/mol. The minimum atomic E-state index is -1.08. The monoisotopic (exact) mass is 309 g/mol. The number of carboxylic acid groups (broad SMARTS) is 1. The zero-order valence-corrected chi connectivity index (χ0v) is 13.7. The maximum absolute atomic E-state index is 11.2. The van der Waals surface area contributed by atoms with Gasteiger partial charge in [-0.2, -0.15) is 0 Å². The van der Waals surface area contributed by atoms with Gasteiger partial charge < -0.3 is 9.52 Å².